The second kappa shape index (κ2) is 5.43. The summed E-state index contributed by atoms with van der Waals surface area (Å²) in [6, 6.07) is 10.9. The molecular formula is C13H14N2O2. The number of para-hydroxylation sites is 1. The van der Waals surface area contributed by atoms with Gasteiger partial charge in [0.2, 0.25) is 5.88 Å². The van der Waals surface area contributed by atoms with Gasteiger partial charge in [0.15, 0.2) is 0 Å². The van der Waals surface area contributed by atoms with E-state index in [1.165, 1.54) is 0 Å². The minimum atomic E-state index is -0.0627. The highest BCUT2D eigenvalue weighted by Crippen LogP contribution is 2.24. The number of rotatable bonds is 4. The molecule has 1 aromatic heterocycles. The molecule has 0 bridgehead atoms. The molecule has 1 aromatic carbocycles. The fourth-order valence-corrected chi connectivity index (χ4v) is 1.48. The summed E-state index contributed by atoms with van der Waals surface area (Å²) >= 11 is 0. The number of aromatic nitrogens is 1. The number of benzene rings is 1. The van der Waals surface area contributed by atoms with Gasteiger partial charge in [0.05, 0.1) is 6.61 Å². The van der Waals surface area contributed by atoms with E-state index in [9.17, 15) is 5.11 Å². The van der Waals surface area contributed by atoms with E-state index in [0.717, 1.165) is 11.1 Å². The Balaban J connectivity index is 2.24. The van der Waals surface area contributed by atoms with E-state index in [0.29, 0.717) is 18.2 Å². The van der Waals surface area contributed by atoms with Gasteiger partial charge < -0.3 is 15.6 Å². The predicted molar refractivity (Wildman–Crippen MR) is 64.6 cm³/mol. The summed E-state index contributed by atoms with van der Waals surface area (Å²) < 4.78 is 5.62. The lowest BCUT2D eigenvalue weighted by molar-refractivity contribution is 0.276. The molecule has 0 aliphatic carbocycles. The van der Waals surface area contributed by atoms with E-state index in [1.54, 1.807) is 18.3 Å². The largest absolute Gasteiger partial charge is 0.439 e. The summed E-state index contributed by atoms with van der Waals surface area (Å²) in [6.07, 6.45) is 1.65. The normalized spacial score (nSPS) is 10.2. The summed E-state index contributed by atoms with van der Waals surface area (Å²) in [5.74, 6) is 1.09. The molecule has 0 unspecified atom stereocenters. The Labute approximate surface area is 99.7 Å². The van der Waals surface area contributed by atoms with Crippen LogP contribution in [0.5, 0.6) is 11.6 Å². The van der Waals surface area contributed by atoms with Crippen molar-refractivity contribution in [3.8, 4) is 11.6 Å². The topological polar surface area (TPSA) is 68.4 Å². The molecule has 2 rings (SSSR count). The minimum Gasteiger partial charge on any atom is -0.439 e. The van der Waals surface area contributed by atoms with Gasteiger partial charge in [-0.15, -0.1) is 0 Å². The number of pyridine rings is 1. The SMILES string of the molecule is NCc1ccnc(Oc2ccccc2CO)c1. The molecule has 0 saturated carbocycles. The summed E-state index contributed by atoms with van der Waals surface area (Å²) in [7, 11) is 0. The molecule has 0 fully saturated rings. The maximum absolute atomic E-state index is 9.18. The molecule has 88 valence electrons. The van der Waals surface area contributed by atoms with E-state index in [1.807, 2.05) is 24.3 Å². The van der Waals surface area contributed by atoms with E-state index in [2.05, 4.69) is 4.98 Å². The third kappa shape index (κ3) is 2.81. The number of aliphatic hydroxyl groups is 1. The van der Waals surface area contributed by atoms with Gasteiger partial charge in [0.25, 0.3) is 0 Å². The third-order valence-electron chi connectivity index (χ3n) is 2.39. The number of hydrogen-bond donors (Lipinski definition) is 2. The van der Waals surface area contributed by atoms with Crippen LogP contribution in [0, 0.1) is 0 Å². The van der Waals surface area contributed by atoms with Crippen LogP contribution in [-0.4, -0.2) is 10.1 Å². The highest BCUT2D eigenvalue weighted by Gasteiger charge is 2.04. The summed E-state index contributed by atoms with van der Waals surface area (Å²) in [5.41, 5.74) is 7.23. The summed E-state index contributed by atoms with van der Waals surface area (Å²) in [5, 5.41) is 9.18. The fourth-order valence-electron chi connectivity index (χ4n) is 1.48. The average Bonchev–Trinajstić information content (AvgIpc) is 2.39. The molecule has 3 N–H and O–H groups in total. The molecule has 0 saturated heterocycles. The Bertz CT molecular complexity index is 500. The van der Waals surface area contributed by atoms with Gasteiger partial charge in [-0.1, -0.05) is 18.2 Å². The zero-order valence-corrected chi connectivity index (χ0v) is 9.34. The molecule has 0 aliphatic heterocycles. The van der Waals surface area contributed by atoms with Crippen molar-refractivity contribution in [2.24, 2.45) is 5.73 Å². The predicted octanol–water partition coefficient (Wildman–Crippen LogP) is 1.82. The van der Waals surface area contributed by atoms with E-state index >= 15 is 0 Å². The Morgan fingerprint density at radius 2 is 2.06 bits per heavy atom. The van der Waals surface area contributed by atoms with Gasteiger partial charge >= 0.3 is 0 Å². The molecule has 4 heteroatoms. The molecule has 0 amide bonds. The summed E-state index contributed by atoms with van der Waals surface area (Å²) in [4.78, 5) is 4.10. The van der Waals surface area contributed by atoms with Gasteiger partial charge in [-0.05, 0) is 17.7 Å². The van der Waals surface area contributed by atoms with E-state index < -0.39 is 0 Å². The maximum Gasteiger partial charge on any atom is 0.219 e. The first-order valence-electron chi connectivity index (χ1n) is 5.35. The van der Waals surface area contributed by atoms with Crippen molar-refractivity contribution in [2.45, 2.75) is 13.2 Å². The molecule has 0 radical (unpaired) electrons. The number of ether oxygens (including phenoxy) is 1. The number of hydrogen-bond acceptors (Lipinski definition) is 4. The van der Waals surface area contributed by atoms with Crippen molar-refractivity contribution in [3.05, 3.63) is 53.7 Å². The molecule has 2 aromatic rings. The quantitative estimate of drug-likeness (QED) is 0.840. The molecule has 0 atom stereocenters. The summed E-state index contributed by atoms with van der Waals surface area (Å²) in [6.45, 7) is 0.382. The Morgan fingerprint density at radius 3 is 2.82 bits per heavy atom. The minimum absolute atomic E-state index is 0.0627. The van der Waals surface area contributed by atoms with Crippen molar-refractivity contribution < 1.29 is 9.84 Å². The van der Waals surface area contributed by atoms with Gasteiger partial charge in [-0.2, -0.15) is 0 Å². The van der Waals surface area contributed by atoms with Crippen LogP contribution in [0.15, 0.2) is 42.6 Å². The Morgan fingerprint density at radius 1 is 1.24 bits per heavy atom. The van der Waals surface area contributed by atoms with Crippen LogP contribution < -0.4 is 10.5 Å². The third-order valence-corrected chi connectivity index (χ3v) is 2.39. The van der Waals surface area contributed by atoms with Crippen LogP contribution in [0.2, 0.25) is 0 Å². The molecule has 4 nitrogen and oxygen atoms in total. The first-order chi connectivity index (χ1) is 8.33. The van der Waals surface area contributed by atoms with Crippen molar-refractivity contribution in [2.75, 3.05) is 0 Å². The second-order valence-corrected chi connectivity index (χ2v) is 3.57. The molecular weight excluding hydrogens is 216 g/mol. The first-order valence-corrected chi connectivity index (χ1v) is 5.35. The standard InChI is InChI=1S/C13H14N2O2/c14-8-10-5-6-15-13(7-10)17-12-4-2-1-3-11(12)9-16/h1-7,16H,8-9,14H2. The van der Waals surface area contributed by atoms with Crippen molar-refractivity contribution in [1.29, 1.82) is 0 Å². The Kier molecular flexibility index (Phi) is 3.69. The van der Waals surface area contributed by atoms with Gasteiger partial charge in [0.1, 0.15) is 5.75 Å². The van der Waals surface area contributed by atoms with Crippen LogP contribution in [0.3, 0.4) is 0 Å². The van der Waals surface area contributed by atoms with E-state index in [-0.39, 0.29) is 6.61 Å². The van der Waals surface area contributed by atoms with Crippen molar-refractivity contribution in [1.82, 2.24) is 4.98 Å². The Hall–Kier alpha value is -1.91. The zero-order chi connectivity index (χ0) is 12.1. The molecule has 17 heavy (non-hydrogen) atoms. The van der Waals surface area contributed by atoms with Gasteiger partial charge in [-0.25, -0.2) is 4.98 Å². The fraction of sp³-hybridized carbons (Fsp3) is 0.154. The average molecular weight is 230 g/mol. The van der Waals surface area contributed by atoms with E-state index in [4.69, 9.17) is 10.5 Å². The highest BCUT2D eigenvalue weighted by atomic mass is 16.5. The van der Waals surface area contributed by atoms with Crippen LogP contribution >= 0.6 is 0 Å². The lowest BCUT2D eigenvalue weighted by atomic mass is 10.2. The van der Waals surface area contributed by atoms with Gasteiger partial charge in [0, 0.05) is 24.4 Å². The lowest BCUT2D eigenvalue weighted by Crippen LogP contribution is -1.98. The van der Waals surface area contributed by atoms with Crippen molar-refractivity contribution >= 4 is 0 Å². The van der Waals surface area contributed by atoms with Crippen LogP contribution in [-0.2, 0) is 13.2 Å². The number of nitrogens with zero attached hydrogens (tertiary/aromatic N) is 1. The van der Waals surface area contributed by atoms with Crippen molar-refractivity contribution in [3.63, 3.8) is 0 Å². The molecule has 0 aliphatic rings. The molecule has 1 heterocycles. The lowest BCUT2D eigenvalue weighted by Gasteiger charge is -2.09. The van der Waals surface area contributed by atoms with Crippen LogP contribution in [0.25, 0.3) is 0 Å². The molecule has 0 spiro atoms. The maximum atomic E-state index is 9.18. The van der Waals surface area contributed by atoms with Crippen LogP contribution in [0.4, 0.5) is 0 Å². The first kappa shape index (κ1) is 11.6. The zero-order valence-electron chi connectivity index (χ0n) is 9.34. The number of nitrogens with two attached hydrogens (primary N) is 1. The number of aliphatic hydroxyl groups excluding tert-OH is 1. The monoisotopic (exact) mass is 230 g/mol. The second-order valence-electron chi connectivity index (χ2n) is 3.57. The van der Waals surface area contributed by atoms with Gasteiger partial charge in [-0.3, -0.25) is 0 Å². The highest BCUT2D eigenvalue weighted by molar-refractivity contribution is 5.36. The smallest absolute Gasteiger partial charge is 0.219 e. The van der Waals surface area contributed by atoms with Crippen LogP contribution in [0.1, 0.15) is 11.1 Å².